The van der Waals surface area contributed by atoms with Crippen LogP contribution in [0.2, 0.25) is 0 Å². The fourth-order valence-corrected chi connectivity index (χ4v) is 1.33. The van der Waals surface area contributed by atoms with E-state index in [1.54, 1.807) is 0 Å². The number of rotatable bonds is 9. The van der Waals surface area contributed by atoms with Gasteiger partial charge in [-0.2, -0.15) is 13.2 Å². The second kappa shape index (κ2) is 8.82. The molecule has 0 bridgehead atoms. The summed E-state index contributed by atoms with van der Waals surface area (Å²) < 4.78 is 41.7. The van der Waals surface area contributed by atoms with Crippen LogP contribution in [0.1, 0.15) is 39.0 Å². The number of alkyl halides is 3. The maximum Gasteiger partial charge on any atom is 0.395 e. The van der Waals surface area contributed by atoms with Crippen LogP contribution < -0.4 is 5.73 Å². The Hall–Kier alpha value is -0.290. The number of nitrogens with two attached hydrogens (primary N) is 1. The molecule has 2 N–H and O–H groups in total. The highest BCUT2D eigenvalue weighted by molar-refractivity contribution is 4.67. The number of unbranched alkanes of at least 4 members (excludes halogenated alkanes) is 4. The van der Waals surface area contributed by atoms with Gasteiger partial charge in [-0.15, -0.1) is 0 Å². The van der Waals surface area contributed by atoms with Gasteiger partial charge in [0.1, 0.15) is 0 Å². The van der Waals surface area contributed by atoms with Gasteiger partial charge < -0.3 is 10.5 Å². The van der Waals surface area contributed by atoms with Gasteiger partial charge >= 0.3 is 6.18 Å². The summed E-state index contributed by atoms with van der Waals surface area (Å²) in [5, 5.41) is 0. The Kier molecular flexibility index (Phi) is 8.66. The van der Waals surface area contributed by atoms with Crippen molar-refractivity contribution in [3.05, 3.63) is 0 Å². The summed E-state index contributed by atoms with van der Waals surface area (Å²) >= 11 is 0. The molecule has 0 amide bonds. The van der Waals surface area contributed by atoms with Crippen molar-refractivity contribution >= 4 is 0 Å². The van der Waals surface area contributed by atoms with Crippen LogP contribution in [-0.4, -0.2) is 25.9 Å². The number of hydrogen-bond donors (Lipinski definition) is 1. The predicted octanol–water partition coefficient (Wildman–Crippen LogP) is 3.11. The summed E-state index contributed by atoms with van der Waals surface area (Å²) in [5.74, 6) is -1.52. The van der Waals surface area contributed by atoms with Gasteiger partial charge in [-0.25, -0.2) is 0 Å². The van der Waals surface area contributed by atoms with E-state index in [-0.39, 0.29) is 6.61 Å². The fraction of sp³-hybridized carbons (Fsp3) is 1.00. The minimum atomic E-state index is -4.24. The van der Waals surface area contributed by atoms with E-state index in [2.05, 4.69) is 6.92 Å². The lowest BCUT2D eigenvalue weighted by Gasteiger charge is -2.18. The Morgan fingerprint density at radius 3 is 2.25 bits per heavy atom. The minimum Gasteiger partial charge on any atom is -0.381 e. The van der Waals surface area contributed by atoms with Gasteiger partial charge in [-0.3, -0.25) is 0 Å². The molecule has 0 saturated carbocycles. The molecule has 0 heterocycles. The van der Waals surface area contributed by atoms with Gasteiger partial charge in [-0.1, -0.05) is 32.6 Å². The first-order chi connectivity index (χ1) is 7.52. The second-order valence-corrected chi connectivity index (χ2v) is 3.96. The molecule has 5 heteroatoms. The van der Waals surface area contributed by atoms with E-state index < -0.39 is 18.6 Å². The van der Waals surface area contributed by atoms with Crippen molar-refractivity contribution in [2.75, 3.05) is 19.8 Å². The fourth-order valence-electron chi connectivity index (χ4n) is 1.33. The quantitative estimate of drug-likeness (QED) is 0.629. The Labute approximate surface area is 95.3 Å². The maximum absolute atomic E-state index is 12.2. The summed E-state index contributed by atoms with van der Waals surface area (Å²) in [6.07, 6.45) is 1.07. The zero-order valence-corrected chi connectivity index (χ0v) is 9.85. The van der Waals surface area contributed by atoms with Crippen molar-refractivity contribution in [3.8, 4) is 0 Å². The molecule has 0 fully saturated rings. The Balaban J connectivity index is 3.42. The molecule has 2 nitrogen and oxygen atoms in total. The largest absolute Gasteiger partial charge is 0.395 e. The standard InChI is InChI=1S/C11H22F3NO/c1-2-3-4-5-6-7-16-9-10(8-15)11(12,13)14/h10H,2-9,15H2,1H3. The van der Waals surface area contributed by atoms with Crippen molar-refractivity contribution in [2.24, 2.45) is 11.7 Å². The summed E-state index contributed by atoms with van der Waals surface area (Å²) in [6, 6.07) is 0. The molecule has 0 aromatic heterocycles. The highest BCUT2D eigenvalue weighted by atomic mass is 19.4. The molecule has 0 saturated heterocycles. The van der Waals surface area contributed by atoms with Crippen molar-refractivity contribution in [2.45, 2.75) is 45.2 Å². The smallest absolute Gasteiger partial charge is 0.381 e. The highest BCUT2D eigenvalue weighted by Gasteiger charge is 2.38. The molecule has 1 atom stereocenters. The molecule has 0 aliphatic carbocycles. The van der Waals surface area contributed by atoms with Crippen LogP contribution in [0.25, 0.3) is 0 Å². The average Bonchev–Trinajstić information content (AvgIpc) is 2.20. The molecule has 1 unspecified atom stereocenters. The molecule has 98 valence electrons. The number of ether oxygens (including phenoxy) is 1. The first-order valence-electron chi connectivity index (χ1n) is 5.86. The molecule has 16 heavy (non-hydrogen) atoms. The monoisotopic (exact) mass is 241 g/mol. The van der Waals surface area contributed by atoms with Crippen LogP contribution in [0.5, 0.6) is 0 Å². The Bertz CT molecular complexity index is 162. The Morgan fingerprint density at radius 2 is 1.75 bits per heavy atom. The third kappa shape index (κ3) is 7.93. The zero-order valence-electron chi connectivity index (χ0n) is 9.85. The Morgan fingerprint density at radius 1 is 1.12 bits per heavy atom. The van der Waals surface area contributed by atoms with E-state index in [1.165, 1.54) is 6.42 Å². The molecule has 0 radical (unpaired) electrons. The molecule has 0 rings (SSSR count). The van der Waals surface area contributed by atoms with Crippen molar-refractivity contribution < 1.29 is 17.9 Å². The van der Waals surface area contributed by atoms with E-state index in [4.69, 9.17) is 10.5 Å². The SMILES string of the molecule is CCCCCCCOCC(CN)C(F)(F)F. The van der Waals surface area contributed by atoms with E-state index in [0.717, 1.165) is 25.7 Å². The lowest BCUT2D eigenvalue weighted by atomic mass is 10.1. The van der Waals surface area contributed by atoms with Crippen LogP contribution in [0.15, 0.2) is 0 Å². The van der Waals surface area contributed by atoms with Crippen molar-refractivity contribution in [3.63, 3.8) is 0 Å². The predicted molar refractivity (Wildman–Crippen MR) is 58.2 cm³/mol. The van der Waals surface area contributed by atoms with Crippen LogP contribution in [0, 0.1) is 5.92 Å². The first-order valence-corrected chi connectivity index (χ1v) is 5.86. The van der Waals surface area contributed by atoms with Gasteiger partial charge in [0.2, 0.25) is 0 Å². The van der Waals surface area contributed by atoms with E-state index in [9.17, 15) is 13.2 Å². The first kappa shape index (κ1) is 15.7. The van der Waals surface area contributed by atoms with Gasteiger partial charge in [-0.05, 0) is 6.42 Å². The summed E-state index contributed by atoms with van der Waals surface area (Å²) in [4.78, 5) is 0. The van der Waals surface area contributed by atoms with Crippen LogP contribution >= 0.6 is 0 Å². The molecule has 0 aromatic carbocycles. The summed E-state index contributed by atoms with van der Waals surface area (Å²) in [6.45, 7) is 1.80. The molecular weight excluding hydrogens is 219 g/mol. The number of halogens is 3. The average molecular weight is 241 g/mol. The molecular formula is C11H22F3NO. The van der Waals surface area contributed by atoms with Gasteiger partial charge in [0.25, 0.3) is 0 Å². The molecule has 0 spiro atoms. The lowest BCUT2D eigenvalue weighted by Crippen LogP contribution is -2.34. The normalized spacial score (nSPS) is 14.1. The highest BCUT2D eigenvalue weighted by Crippen LogP contribution is 2.25. The molecule has 0 aromatic rings. The molecule has 0 aliphatic rings. The van der Waals surface area contributed by atoms with Gasteiger partial charge in [0.05, 0.1) is 12.5 Å². The van der Waals surface area contributed by atoms with Crippen molar-refractivity contribution in [1.82, 2.24) is 0 Å². The number of hydrogen-bond acceptors (Lipinski definition) is 2. The topological polar surface area (TPSA) is 35.2 Å². The third-order valence-electron chi connectivity index (χ3n) is 2.46. The van der Waals surface area contributed by atoms with E-state index >= 15 is 0 Å². The van der Waals surface area contributed by atoms with Gasteiger partial charge in [0, 0.05) is 13.2 Å². The summed E-state index contributed by atoms with van der Waals surface area (Å²) in [5.41, 5.74) is 5.04. The van der Waals surface area contributed by atoms with E-state index in [0.29, 0.717) is 6.61 Å². The minimum absolute atomic E-state index is 0.312. The lowest BCUT2D eigenvalue weighted by molar-refractivity contribution is -0.185. The zero-order chi connectivity index (χ0) is 12.4. The van der Waals surface area contributed by atoms with Crippen LogP contribution in [-0.2, 0) is 4.74 Å². The van der Waals surface area contributed by atoms with Crippen LogP contribution in [0.4, 0.5) is 13.2 Å². The van der Waals surface area contributed by atoms with E-state index in [1.807, 2.05) is 0 Å². The van der Waals surface area contributed by atoms with Crippen molar-refractivity contribution in [1.29, 1.82) is 0 Å². The van der Waals surface area contributed by atoms with Gasteiger partial charge in [0.15, 0.2) is 0 Å². The second-order valence-electron chi connectivity index (χ2n) is 3.96. The third-order valence-corrected chi connectivity index (χ3v) is 2.46. The van der Waals surface area contributed by atoms with Crippen LogP contribution in [0.3, 0.4) is 0 Å². The molecule has 0 aliphatic heterocycles. The summed E-state index contributed by atoms with van der Waals surface area (Å²) in [7, 11) is 0. The maximum atomic E-state index is 12.2.